The van der Waals surface area contributed by atoms with E-state index >= 15 is 0 Å². The Kier molecular flexibility index (Phi) is 5.59. The van der Waals surface area contributed by atoms with Crippen LogP contribution in [0, 0.1) is 0 Å². The van der Waals surface area contributed by atoms with Gasteiger partial charge in [0.15, 0.2) is 0 Å². The molecule has 0 N–H and O–H groups in total. The fourth-order valence-electron chi connectivity index (χ4n) is 2.82. The summed E-state index contributed by atoms with van der Waals surface area (Å²) in [6.45, 7) is 8.18. The summed E-state index contributed by atoms with van der Waals surface area (Å²) in [7, 11) is -1.43. The number of carbonyl (C=O) groups is 1. The second-order valence-corrected chi connectivity index (χ2v) is 12.2. The number of rotatable bonds is 8. The minimum atomic E-state index is -1.43. The fourth-order valence-corrected chi connectivity index (χ4v) is 4.95. The van der Waals surface area contributed by atoms with E-state index in [1.54, 1.807) is 0 Å². The van der Waals surface area contributed by atoms with Crippen molar-refractivity contribution in [3.05, 3.63) is 35.9 Å². The van der Waals surface area contributed by atoms with Gasteiger partial charge < -0.3 is 9.47 Å². The van der Waals surface area contributed by atoms with Gasteiger partial charge in [-0.2, -0.15) is 0 Å². The molecule has 3 nitrogen and oxygen atoms in total. The van der Waals surface area contributed by atoms with Crippen LogP contribution in [0.5, 0.6) is 0 Å². The Bertz CT molecular complexity index is 453. The first-order chi connectivity index (χ1) is 9.98. The van der Waals surface area contributed by atoms with Crippen molar-refractivity contribution in [3.8, 4) is 0 Å². The summed E-state index contributed by atoms with van der Waals surface area (Å²) >= 11 is 0. The molecule has 0 bridgehead atoms. The van der Waals surface area contributed by atoms with Crippen LogP contribution in [0.15, 0.2) is 30.3 Å². The Hall–Kier alpha value is -1.13. The van der Waals surface area contributed by atoms with Crippen molar-refractivity contribution in [2.24, 2.45) is 0 Å². The van der Waals surface area contributed by atoms with Crippen LogP contribution < -0.4 is 0 Å². The smallest absolute Gasteiger partial charge is 0.310 e. The Balaban J connectivity index is 1.57. The number of cyclic esters (lactones) is 1. The van der Waals surface area contributed by atoms with E-state index in [0.717, 1.165) is 25.9 Å². The van der Waals surface area contributed by atoms with Crippen molar-refractivity contribution in [1.29, 1.82) is 0 Å². The van der Waals surface area contributed by atoms with Crippen molar-refractivity contribution in [2.45, 2.75) is 57.2 Å². The lowest BCUT2D eigenvalue weighted by molar-refractivity contribution is -0.170. The van der Waals surface area contributed by atoms with E-state index in [1.807, 2.05) is 18.2 Å². The Morgan fingerprint density at radius 2 is 1.86 bits per heavy atom. The topological polar surface area (TPSA) is 35.5 Å². The molecule has 2 rings (SSSR count). The molecule has 1 heterocycles. The van der Waals surface area contributed by atoms with Crippen LogP contribution in [0.2, 0.25) is 25.2 Å². The van der Waals surface area contributed by atoms with Gasteiger partial charge in [-0.05, 0) is 24.8 Å². The van der Waals surface area contributed by atoms with E-state index < -0.39 is 8.07 Å². The third kappa shape index (κ3) is 4.68. The van der Waals surface area contributed by atoms with Crippen molar-refractivity contribution >= 4 is 14.0 Å². The molecule has 116 valence electrons. The van der Waals surface area contributed by atoms with E-state index in [0.29, 0.717) is 6.61 Å². The quantitative estimate of drug-likeness (QED) is 0.413. The van der Waals surface area contributed by atoms with Crippen molar-refractivity contribution in [1.82, 2.24) is 0 Å². The lowest BCUT2D eigenvalue weighted by atomic mass is 10.0. The lowest BCUT2D eigenvalue weighted by Gasteiger charge is -2.42. The van der Waals surface area contributed by atoms with Crippen LogP contribution in [0.25, 0.3) is 0 Å². The number of esters is 1. The van der Waals surface area contributed by atoms with E-state index in [2.05, 4.69) is 31.8 Å². The first-order valence-corrected chi connectivity index (χ1v) is 11.4. The highest BCUT2D eigenvalue weighted by atomic mass is 28.3. The Morgan fingerprint density at radius 3 is 2.48 bits per heavy atom. The van der Waals surface area contributed by atoms with Crippen LogP contribution in [0.1, 0.15) is 24.8 Å². The average Bonchev–Trinajstić information content (AvgIpc) is 2.40. The molecule has 4 heteroatoms. The third-order valence-corrected chi connectivity index (χ3v) is 6.44. The van der Waals surface area contributed by atoms with Crippen LogP contribution in [-0.4, -0.2) is 26.8 Å². The minimum Gasteiger partial charge on any atom is -0.462 e. The van der Waals surface area contributed by atoms with E-state index in [1.165, 1.54) is 5.56 Å². The highest BCUT2D eigenvalue weighted by Crippen LogP contribution is 2.39. The zero-order chi connectivity index (χ0) is 15.3. The molecule has 0 radical (unpaired) electrons. The van der Waals surface area contributed by atoms with Gasteiger partial charge in [0.2, 0.25) is 0 Å². The van der Waals surface area contributed by atoms with Gasteiger partial charge in [0.1, 0.15) is 6.10 Å². The largest absolute Gasteiger partial charge is 0.462 e. The van der Waals surface area contributed by atoms with Crippen LogP contribution >= 0.6 is 0 Å². The van der Waals surface area contributed by atoms with Gasteiger partial charge in [0.05, 0.1) is 20.2 Å². The highest BCUT2D eigenvalue weighted by molar-refractivity contribution is 6.81. The monoisotopic (exact) mass is 306 g/mol. The molecule has 1 aromatic carbocycles. The highest BCUT2D eigenvalue weighted by Gasteiger charge is 2.49. The van der Waals surface area contributed by atoms with Crippen LogP contribution in [-0.2, 0) is 20.9 Å². The fraction of sp³-hybridized carbons (Fsp3) is 0.588. The van der Waals surface area contributed by atoms with Crippen molar-refractivity contribution in [3.63, 3.8) is 0 Å². The second kappa shape index (κ2) is 7.23. The second-order valence-electron chi connectivity index (χ2n) is 6.85. The maximum atomic E-state index is 11.6. The summed E-state index contributed by atoms with van der Waals surface area (Å²) in [5.41, 5.74) is 1.41. The molecule has 21 heavy (non-hydrogen) atoms. The molecule has 0 spiro atoms. The van der Waals surface area contributed by atoms with Gasteiger partial charge in [0.25, 0.3) is 0 Å². The molecule has 0 aliphatic carbocycles. The molecule has 1 fully saturated rings. The van der Waals surface area contributed by atoms with E-state index in [4.69, 9.17) is 9.47 Å². The number of unbranched alkanes of at least 4 members (excludes halogenated alkanes) is 1. The first-order valence-electron chi connectivity index (χ1n) is 7.80. The van der Waals surface area contributed by atoms with Gasteiger partial charge in [-0.25, -0.2) is 0 Å². The summed E-state index contributed by atoms with van der Waals surface area (Å²) in [6.07, 6.45) is 3.24. The number of carbonyl (C=O) groups excluding carboxylic acids is 1. The van der Waals surface area contributed by atoms with Gasteiger partial charge >= 0.3 is 5.97 Å². The van der Waals surface area contributed by atoms with Gasteiger partial charge in [-0.3, -0.25) is 4.79 Å². The maximum Gasteiger partial charge on any atom is 0.310 e. The molecular formula is C17H26O3Si. The molecule has 1 aliphatic heterocycles. The van der Waals surface area contributed by atoms with Crippen molar-refractivity contribution < 1.29 is 14.3 Å². The van der Waals surface area contributed by atoms with Crippen LogP contribution in [0.4, 0.5) is 0 Å². The summed E-state index contributed by atoms with van der Waals surface area (Å²) in [5.74, 6) is 0.0273. The standard InChI is InChI=1S/C17H26O3Si/c1-21(2,3)16-15(20-17(16)18)11-7-8-12-19-13-14-9-5-4-6-10-14/h4-6,9-10,15-16H,7-8,11-13H2,1-3H3/t15-,16-/m0/s1. The molecule has 1 saturated heterocycles. The predicted molar refractivity (Wildman–Crippen MR) is 86.9 cm³/mol. The number of ether oxygens (including phenoxy) is 2. The molecule has 1 aliphatic rings. The maximum absolute atomic E-state index is 11.6. The molecule has 0 saturated carbocycles. The van der Waals surface area contributed by atoms with E-state index in [9.17, 15) is 4.79 Å². The summed E-state index contributed by atoms with van der Waals surface area (Å²) < 4.78 is 11.0. The summed E-state index contributed by atoms with van der Waals surface area (Å²) in [4.78, 5) is 11.6. The number of hydrogen-bond acceptors (Lipinski definition) is 3. The van der Waals surface area contributed by atoms with Crippen LogP contribution in [0.3, 0.4) is 0 Å². The molecule has 2 atom stereocenters. The zero-order valence-corrected chi connectivity index (χ0v) is 14.3. The SMILES string of the molecule is C[Si](C)(C)[C@@H]1C(=O)O[C@H]1CCCCOCc1ccccc1. The average molecular weight is 306 g/mol. The minimum absolute atomic E-state index is 0.0273. The molecule has 0 unspecified atom stereocenters. The lowest BCUT2D eigenvalue weighted by Crippen LogP contribution is -2.52. The predicted octanol–water partition coefficient (Wildman–Crippen LogP) is 4.01. The molecule has 0 amide bonds. The third-order valence-electron chi connectivity index (χ3n) is 3.97. The normalized spacial score (nSPS) is 21.8. The zero-order valence-electron chi connectivity index (χ0n) is 13.3. The van der Waals surface area contributed by atoms with Crippen molar-refractivity contribution in [2.75, 3.05) is 6.61 Å². The molecule has 1 aromatic rings. The summed E-state index contributed by atoms with van der Waals surface area (Å²) in [6, 6.07) is 10.2. The van der Waals surface area contributed by atoms with Gasteiger partial charge in [-0.1, -0.05) is 50.0 Å². The van der Waals surface area contributed by atoms with Gasteiger partial charge in [-0.15, -0.1) is 0 Å². The first kappa shape index (κ1) is 16.2. The van der Waals surface area contributed by atoms with E-state index in [-0.39, 0.29) is 17.6 Å². The Labute approximate surface area is 128 Å². The number of hydrogen-bond donors (Lipinski definition) is 0. The van der Waals surface area contributed by atoms with Gasteiger partial charge in [0, 0.05) is 6.61 Å². The molecular weight excluding hydrogens is 280 g/mol. The number of benzene rings is 1. The summed E-state index contributed by atoms with van der Waals surface area (Å²) in [5, 5.41) is 0. The Morgan fingerprint density at radius 1 is 1.14 bits per heavy atom. The molecule has 0 aromatic heterocycles.